The molecule has 16 heavy (non-hydrogen) atoms. The Labute approximate surface area is 94.1 Å². The lowest BCUT2D eigenvalue weighted by Crippen LogP contribution is -1.91. The molecule has 0 bridgehead atoms. The standard InChI is InChI=1S/C12H15N3O/c1-7(2)10-11(15-12(13)14-10)8-3-5-9(16)6-4-8/h3-7,16H,1-2H3,(H3,13,14,15). The summed E-state index contributed by atoms with van der Waals surface area (Å²) in [4.78, 5) is 7.33. The number of anilines is 1. The zero-order valence-corrected chi connectivity index (χ0v) is 9.36. The molecule has 1 aromatic heterocycles. The first kappa shape index (κ1) is 10.5. The molecule has 0 atom stereocenters. The van der Waals surface area contributed by atoms with Crippen molar-refractivity contribution in [3.63, 3.8) is 0 Å². The number of phenols is 1. The quantitative estimate of drug-likeness (QED) is 0.723. The van der Waals surface area contributed by atoms with E-state index < -0.39 is 0 Å². The third-order valence-corrected chi connectivity index (χ3v) is 2.47. The van der Waals surface area contributed by atoms with Gasteiger partial charge in [0, 0.05) is 11.3 Å². The summed E-state index contributed by atoms with van der Waals surface area (Å²) in [6, 6.07) is 6.95. The lowest BCUT2D eigenvalue weighted by molar-refractivity contribution is 0.475. The third-order valence-electron chi connectivity index (χ3n) is 2.47. The molecule has 0 saturated heterocycles. The van der Waals surface area contributed by atoms with Gasteiger partial charge in [-0.1, -0.05) is 13.8 Å². The topological polar surface area (TPSA) is 74.9 Å². The Morgan fingerprint density at radius 1 is 1.25 bits per heavy atom. The van der Waals surface area contributed by atoms with Gasteiger partial charge in [-0.05, 0) is 30.2 Å². The monoisotopic (exact) mass is 217 g/mol. The number of nitrogens with zero attached hydrogens (tertiary/aromatic N) is 1. The van der Waals surface area contributed by atoms with Gasteiger partial charge in [0.25, 0.3) is 0 Å². The summed E-state index contributed by atoms with van der Waals surface area (Å²) in [5, 5.41) is 9.23. The molecule has 0 fully saturated rings. The highest BCUT2D eigenvalue weighted by molar-refractivity contribution is 5.65. The molecule has 84 valence electrons. The number of imidazole rings is 1. The van der Waals surface area contributed by atoms with Crippen molar-refractivity contribution in [3.05, 3.63) is 30.0 Å². The molecular formula is C12H15N3O. The van der Waals surface area contributed by atoms with Crippen LogP contribution < -0.4 is 5.73 Å². The van der Waals surface area contributed by atoms with Crippen molar-refractivity contribution in [2.45, 2.75) is 19.8 Å². The molecule has 2 aromatic rings. The van der Waals surface area contributed by atoms with E-state index in [0.717, 1.165) is 17.0 Å². The molecule has 0 aliphatic rings. The molecule has 0 saturated carbocycles. The minimum absolute atomic E-state index is 0.248. The van der Waals surface area contributed by atoms with Crippen LogP contribution in [0, 0.1) is 0 Å². The number of H-pyrrole nitrogens is 1. The number of aromatic hydroxyl groups is 1. The molecule has 0 amide bonds. The van der Waals surface area contributed by atoms with E-state index in [1.54, 1.807) is 12.1 Å². The van der Waals surface area contributed by atoms with Crippen molar-refractivity contribution in [1.82, 2.24) is 9.97 Å². The van der Waals surface area contributed by atoms with Gasteiger partial charge in [0.05, 0.1) is 5.69 Å². The number of nitrogen functional groups attached to an aromatic ring is 1. The number of rotatable bonds is 2. The summed E-state index contributed by atoms with van der Waals surface area (Å²) in [5.74, 6) is 0.999. The first-order valence-electron chi connectivity index (χ1n) is 5.22. The van der Waals surface area contributed by atoms with Crippen molar-refractivity contribution in [1.29, 1.82) is 0 Å². The Kier molecular flexibility index (Phi) is 2.56. The van der Waals surface area contributed by atoms with Gasteiger partial charge < -0.3 is 15.8 Å². The third kappa shape index (κ3) is 1.86. The zero-order chi connectivity index (χ0) is 11.7. The number of aromatic amines is 1. The highest BCUT2D eigenvalue weighted by Gasteiger charge is 2.13. The number of nitrogens with one attached hydrogen (secondary N) is 1. The lowest BCUT2D eigenvalue weighted by atomic mass is 10.0. The van der Waals surface area contributed by atoms with Gasteiger partial charge in [-0.2, -0.15) is 0 Å². The van der Waals surface area contributed by atoms with Crippen LogP contribution in [0.5, 0.6) is 5.75 Å². The number of hydrogen-bond acceptors (Lipinski definition) is 3. The van der Waals surface area contributed by atoms with Gasteiger partial charge in [-0.25, -0.2) is 4.98 Å². The molecule has 0 radical (unpaired) electrons. The van der Waals surface area contributed by atoms with Crippen LogP contribution >= 0.6 is 0 Å². The molecule has 4 nitrogen and oxygen atoms in total. The highest BCUT2D eigenvalue weighted by Crippen LogP contribution is 2.28. The average Bonchev–Trinajstić information content (AvgIpc) is 2.61. The molecule has 0 aliphatic heterocycles. The maximum absolute atomic E-state index is 9.23. The molecule has 0 aliphatic carbocycles. The number of phenolic OH excluding ortho intramolecular Hbond substituents is 1. The smallest absolute Gasteiger partial charge is 0.198 e. The van der Waals surface area contributed by atoms with Gasteiger partial charge in [0.15, 0.2) is 5.95 Å². The van der Waals surface area contributed by atoms with E-state index in [9.17, 15) is 5.11 Å². The van der Waals surface area contributed by atoms with Crippen molar-refractivity contribution >= 4 is 5.95 Å². The summed E-state index contributed by atoms with van der Waals surface area (Å²) in [6.07, 6.45) is 0. The SMILES string of the molecule is CC(C)c1[nH]c(N)nc1-c1ccc(O)cc1. The predicted octanol–water partition coefficient (Wildman–Crippen LogP) is 2.49. The fourth-order valence-electron chi connectivity index (χ4n) is 1.66. The van der Waals surface area contributed by atoms with Gasteiger partial charge >= 0.3 is 0 Å². The van der Waals surface area contributed by atoms with E-state index in [-0.39, 0.29) is 5.75 Å². The van der Waals surface area contributed by atoms with Gasteiger partial charge in [0.2, 0.25) is 0 Å². The summed E-state index contributed by atoms with van der Waals surface area (Å²) in [6.45, 7) is 4.16. The van der Waals surface area contributed by atoms with Crippen molar-refractivity contribution in [2.75, 3.05) is 5.73 Å². The van der Waals surface area contributed by atoms with Gasteiger partial charge in [0.1, 0.15) is 5.75 Å². The minimum Gasteiger partial charge on any atom is -0.508 e. The van der Waals surface area contributed by atoms with Crippen LogP contribution in [-0.4, -0.2) is 15.1 Å². The molecule has 4 heteroatoms. The largest absolute Gasteiger partial charge is 0.508 e. The number of hydrogen-bond donors (Lipinski definition) is 3. The fraction of sp³-hybridized carbons (Fsp3) is 0.250. The molecule has 1 aromatic carbocycles. The second kappa shape index (κ2) is 3.89. The maximum atomic E-state index is 9.23. The highest BCUT2D eigenvalue weighted by atomic mass is 16.3. The lowest BCUT2D eigenvalue weighted by Gasteiger charge is -2.05. The Hall–Kier alpha value is -1.97. The van der Waals surface area contributed by atoms with Crippen molar-refractivity contribution in [3.8, 4) is 17.0 Å². The zero-order valence-electron chi connectivity index (χ0n) is 9.36. The van der Waals surface area contributed by atoms with Crippen LogP contribution in [0.25, 0.3) is 11.3 Å². The molecule has 0 unspecified atom stereocenters. The molecule has 4 N–H and O–H groups in total. The Morgan fingerprint density at radius 3 is 2.44 bits per heavy atom. The van der Waals surface area contributed by atoms with Crippen LogP contribution in [0.15, 0.2) is 24.3 Å². The Morgan fingerprint density at radius 2 is 1.88 bits per heavy atom. The fourth-order valence-corrected chi connectivity index (χ4v) is 1.66. The number of nitrogens with two attached hydrogens (primary N) is 1. The van der Waals surface area contributed by atoms with Crippen molar-refractivity contribution < 1.29 is 5.11 Å². The molecular weight excluding hydrogens is 202 g/mol. The number of aromatic nitrogens is 2. The minimum atomic E-state index is 0.248. The van der Waals surface area contributed by atoms with Crippen LogP contribution in [0.1, 0.15) is 25.5 Å². The molecule has 1 heterocycles. The molecule has 2 rings (SSSR count). The van der Waals surface area contributed by atoms with Gasteiger partial charge in [-0.3, -0.25) is 0 Å². The number of benzene rings is 1. The van der Waals surface area contributed by atoms with Crippen LogP contribution in [0.4, 0.5) is 5.95 Å². The van der Waals surface area contributed by atoms with Gasteiger partial charge in [-0.15, -0.1) is 0 Å². The van der Waals surface area contributed by atoms with Crippen molar-refractivity contribution in [2.24, 2.45) is 0 Å². The molecule has 0 spiro atoms. The van der Waals surface area contributed by atoms with Crippen LogP contribution in [0.2, 0.25) is 0 Å². The Balaban J connectivity index is 2.50. The summed E-state index contributed by atoms with van der Waals surface area (Å²) in [7, 11) is 0. The van der Waals surface area contributed by atoms with E-state index in [0.29, 0.717) is 11.9 Å². The summed E-state index contributed by atoms with van der Waals surface area (Å²) >= 11 is 0. The van der Waals surface area contributed by atoms with E-state index in [1.807, 2.05) is 12.1 Å². The predicted molar refractivity (Wildman–Crippen MR) is 64.2 cm³/mol. The normalized spacial score (nSPS) is 10.9. The van der Waals surface area contributed by atoms with Crippen LogP contribution in [-0.2, 0) is 0 Å². The van der Waals surface area contributed by atoms with E-state index >= 15 is 0 Å². The van der Waals surface area contributed by atoms with E-state index in [2.05, 4.69) is 23.8 Å². The average molecular weight is 217 g/mol. The Bertz CT molecular complexity index is 485. The first-order chi connectivity index (χ1) is 7.58. The van der Waals surface area contributed by atoms with E-state index in [4.69, 9.17) is 5.73 Å². The summed E-state index contributed by atoms with van der Waals surface area (Å²) in [5.41, 5.74) is 8.49. The maximum Gasteiger partial charge on any atom is 0.198 e. The second-order valence-corrected chi connectivity index (χ2v) is 4.09. The first-order valence-corrected chi connectivity index (χ1v) is 5.22. The van der Waals surface area contributed by atoms with Crippen LogP contribution in [0.3, 0.4) is 0 Å². The summed E-state index contributed by atoms with van der Waals surface area (Å²) < 4.78 is 0. The second-order valence-electron chi connectivity index (χ2n) is 4.09. The van der Waals surface area contributed by atoms with E-state index in [1.165, 1.54) is 0 Å².